The summed E-state index contributed by atoms with van der Waals surface area (Å²) in [6, 6.07) is 15.5. The van der Waals surface area contributed by atoms with E-state index < -0.39 is 0 Å². The lowest BCUT2D eigenvalue weighted by molar-refractivity contribution is -0.118. The summed E-state index contributed by atoms with van der Waals surface area (Å²) < 4.78 is 16.7. The Bertz CT molecular complexity index is 950. The molecule has 1 N–H and O–H groups in total. The topological polar surface area (TPSA) is 86.5 Å². The van der Waals surface area contributed by atoms with Crippen molar-refractivity contribution < 1.29 is 18.7 Å². The maximum Gasteiger partial charge on any atom is 0.277 e. The summed E-state index contributed by atoms with van der Waals surface area (Å²) in [4.78, 5) is 12.1. The van der Waals surface area contributed by atoms with Crippen molar-refractivity contribution in [3.8, 4) is 11.5 Å². The number of methoxy groups -OCH3 is 1. The zero-order valence-electron chi connectivity index (χ0n) is 16.8. The molecule has 3 aromatic rings. The summed E-state index contributed by atoms with van der Waals surface area (Å²) in [7, 11) is 1.60. The Kier molecular flexibility index (Phi) is 8.46. The van der Waals surface area contributed by atoms with Crippen LogP contribution in [-0.4, -0.2) is 35.2 Å². The lowest BCUT2D eigenvalue weighted by atomic mass is 10.2. The predicted molar refractivity (Wildman–Crippen MR) is 118 cm³/mol. The molecule has 1 heterocycles. The first-order valence-electron chi connectivity index (χ1n) is 9.22. The number of ether oxygens (including phenoxy) is 2. The van der Waals surface area contributed by atoms with E-state index in [2.05, 4.69) is 15.5 Å². The van der Waals surface area contributed by atoms with E-state index in [1.165, 1.54) is 11.8 Å². The van der Waals surface area contributed by atoms with E-state index in [-0.39, 0.29) is 11.7 Å². The number of aromatic nitrogens is 2. The van der Waals surface area contributed by atoms with Gasteiger partial charge in [0.2, 0.25) is 11.8 Å². The second-order valence-electron chi connectivity index (χ2n) is 6.22. The minimum Gasteiger partial charge on any atom is -0.493 e. The molecule has 9 heteroatoms. The van der Waals surface area contributed by atoms with Crippen LogP contribution >= 0.6 is 23.5 Å². The van der Waals surface area contributed by atoms with Crippen molar-refractivity contribution in [2.24, 2.45) is 0 Å². The first kappa shape index (κ1) is 22.0. The molecule has 0 saturated heterocycles. The van der Waals surface area contributed by atoms with Gasteiger partial charge < -0.3 is 19.2 Å². The summed E-state index contributed by atoms with van der Waals surface area (Å²) in [5, 5.41) is 11.1. The third kappa shape index (κ3) is 6.70. The molecule has 0 unspecified atom stereocenters. The first-order valence-corrected chi connectivity index (χ1v) is 11.6. The molecule has 30 heavy (non-hydrogen) atoms. The molecule has 0 bridgehead atoms. The van der Waals surface area contributed by atoms with Crippen molar-refractivity contribution in [1.29, 1.82) is 0 Å². The van der Waals surface area contributed by atoms with Crippen LogP contribution in [0.2, 0.25) is 0 Å². The summed E-state index contributed by atoms with van der Waals surface area (Å²) >= 11 is 2.82. The molecule has 7 nitrogen and oxygen atoms in total. The van der Waals surface area contributed by atoms with Gasteiger partial charge in [0.15, 0.2) is 11.5 Å². The Morgan fingerprint density at radius 3 is 2.70 bits per heavy atom. The van der Waals surface area contributed by atoms with E-state index >= 15 is 0 Å². The first-order chi connectivity index (χ1) is 14.7. The smallest absolute Gasteiger partial charge is 0.277 e. The summed E-state index contributed by atoms with van der Waals surface area (Å²) in [5.41, 5.74) is 1.99. The summed E-state index contributed by atoms with van der Waals surface area (Å²) in [6.45, 7) is 0.842. The van der Waals surface area contributed by atoms with Crippen LogP contribution in [0.5, 0.6) is 11.5 Å². The molecule has 2 aromatic carbocycles. The standard InChI is InChI=1S/C21H23N3O4S2/c1-26-18-10-16(8-9-17(18)27-12-15-6-4-3-5-7-15)11-22-19(25)13-30-21-24-23-20(28-21)14-29-2/h3-10H,11-14H2,1-2H3,(H,22,25). The Labute approximate surface area is 183 Å². The van der Waals surface area contributed by atoms with Gasteiger partial charge in [-0.3, -0.25) is 4.79 Å². The molecule has 3 rings (SSSR count). The van der Waals surface area contributed by atoms with Crippen molar-refractivity contribution in [3.05, 3.63) is 65.5 Å². The molecule has 0 aliphatic carbocycles. The van der Waals surface area contributed by atoms with Crippen molar-refractivity contribution >= 4 is 29.4 Å². The minimum atomic E-state index is -0.118. The van der Waals surface area contributed by atoms with Gasteiger partial charge >= 0.3 is 0 Å². The van der Waals surface area contributed by atoms with Crippen LogP contribution < -0.4 is 14.8 Å². The van der Waals surface area contributed by atoms with Crippen LogP contribution in [0.1, 0.15) is 17.0 Å². The van der Waals surface area contributed by atoms with Crippen LogP contribution in [0.4, 0.5) is 0 Å². The van der Waals surface area contributed by atoms with E-state index in [0.717, 1.165) is 11.1 Å². The van der Waals surface area contributed by atoms with E-state index in [4.69, 9.17) is 13.9 Å². The molecule has 158 valence electrons. The van der Waals surface area contributed by atoms with Gasteiger partial charge in [0.1, 0.15) is 6.61 Å². The van der Waals surface area contributed by atoms with Crippen molar-refractivity contribution in [2.45, 2.75) is 24.1 Å². The van der Waals surface area contributed by atoms with Gasteiger partial charge in [-0.1, -0.05) is 48.2 Å². The predicted octanol–water partition coefficient (Wildman–Crippen LogP) is 3.93. The van der Waals surface area contributed by atoms with Crippen molar-refractivity contribution in [2.75, 3.05) is 19.1 Å². The fraction of sp³-hybridized carbons (Fsp3) is 0.286. The molecule has 0 radical (unpaired) electrons. The van der Waals surface area contributed by atoms with Gasteiger partial charge in [0.25, 0.3) is 5.22 Å². The quantitative estimate of drug-likeness (QED) is 0.444. The fourth-order valence-corrected chi connectivity index (χ4v) is 3.51. The number of amides is 1. The Hall–Kier alpha value is -2.65. The number of nitrogens with one attached hydrogen (secondary N) is 1. The average molecular weight is 446 g/mol. The highest BCUT2D eigenvalue weighted by molar-refractivity contribution is 7.99. The lowest BCUT2D eigenvalue weighted by Gasteiger charge is -2.13. The lowest BCUT2D eigenvalue weighted by Crippen LogP contribution is -2.24. The number of benzene rings is 2. The largest absolute Gasteiger partial charge is 0.493 e. The Morgan fingerprint density at radius 1 is 1.10 bits per heavy atom. The van der Waals surface area contributed by atoms with Crippen LogP contribution in [0, 0.1) is 0 Å². The fourth-order valence-electron chi connectivity index (χ4n) is 2.53. The van der Waals surface area contributed by atoms with Crippen LogP contribution in [0.15, 0.2) is 58.2 Å². The third-order valence-corrected chi connectivity index (χ3v) is 5.35. The van der Waals surface area contributed by atoms with E-state index in [1.807, 2.05) is 54.8 Å². The van der Waals surface area contributed by atoms with E-state index in [9.17, 15) is 4.79 Å². The van der Waals surface area contributed by atoms with Crippen LogP contribution in [0.3, 0.4) is 0 Å². The zero-order valence-corrected chi connectivity index (χ0v) is 18.4. The second kappa shape index (κ2) is 11.5. The third-order valence-electron chi connectivity index (χ3n) is 4.00. The van der Waals surface area contributed by atoms with Crippen LogP contribution in [0.25, 0.3) is 0 Å². The maximum absolute atomic E-state index is 12.1. The number of nitrogens with zero attached hydrogens (tertiary/aromatic N) is 2. The van der Waals surface area contributed by atoms with Gasteiger partial charge in [0.05, 0.1) is 18.6 Å². The van der Waals surface area contributed by atoms with Gasteiger partial charge in [-0.15, -0.1) is 10.2 Å². The van der Waals surface area contributed by atoms with Gasteiger partial charge in [-0.05, 0) is 29.5 Å². The Morgan fingerprint density at radius 2 is 1.93 bits per heavy atom. The summed E-state index contributed by atoms with van der Waals surface area (Å²) in [5.74, 6) is 2.59. The van der Waals surface area contributed by atoms with Gasteiger partial charge in [0, 0.05) is 6.54 Å². The molecule has 0 atom stereocenters. The minimum absolute atomic E-state index is 0.118. The van der Waals surface area contributed by atoms with E-state index in [1.54, 1.807) is 18.9 Å². The molecule has 1 amide bonds. The highest BCUT2D eigenvalue weighted by Crippen LogP contribution is 2.29. The molecule has 0 spiro atoms. The second-order valence-corrected chi connectivity index (χ2v) is 8.01. The molecule has 0 aliphatic heterocycles. The Balaban J connectivity index is 1.47. The monoisotopic (exact) mass is 445 g/mol. The van der Waals surface area contributed by atoms with Gasteiger partial charge in [-0.25, -0.2) is 0 Å². The normalized spacial score (nSPS) is 10.6. The van der Waals surface area contributed by atoms with Gasteiger partial charge in [-0.2, -0.15) is 11.8 Å². The van der Waals surface area contributed by atoms with E-state index in [0.29, 0.717) is 41.5 Å². The molecule has 0 aliphatic rings. The molecule has 1 aromatic heterocycles. The number of rotatable bonds is 11. The van der Waals surface area contributed by atoms with Crippen molar-refractivity contribution in [3.63, 3.8) is 0 Å². The highest BCUT2D eigenvalue weighted by Gasteiger charge is 2.11. The molecule has 0 saturated carbocycles. The number of hydrogen-bond donors (Lipinski definition) is 1. The number of carbonyl (C=O) groups excluding carboxylic acids is 1. The molecular weight excluding hydrogens is 422 g/mol. The SMILES string of the molecule is COc1cc(CNC(=O)CSc2nnc(CSC)o2)ccc1OCc1ccccc1. The summed E-state index contributed by atoms with van der Waals surface area (Å²) in [6.07, 6.45) is 1.96. The zero-order chi connectivity index (χ0) is 21.2. The average Bonchev–Trinajstić information content (AvgIpc) is 3.23. The number of thioether (sulfide) groups is 2. The van der Waals surface area contributed by atoms with Crippen molar-refractivity contribution in [1.82, 2.24) is 15.5 Å². The molecule has 0 fully saturated rings. The molecular formula is C21H23N3O4S2. The number of carbonyl (C=O) groups is 1. The maximum atomic E-state index is 12.1. The highest BCUT2D eigenvalue weighted by atomic mass is 32.2. The number of hydrogen-bond acceptors (Lipinski definition) is 8. The van der Waals surface area contributed by atoms with Crippen LogP contribution in [-0.2, 0) is 23.7 Å².